The predicted molar refractivity (Wildman–Crippen MR) is 106 cm³/mol. The molecule has 1 fully saturated rings. The Labute approximate surface area is 155 Å². The second-order valence-electron chi connectivity index (χ2n) is 7.27. The Kier molecular flexibility index (Phi) is 4.87. The molecule has 1 saturated heterocycles. The maximum Gasteiger partial charge on any atom is 0.0972 e. The van der Waals surface area contributed by atoms with E-state index in [0.29, 0.717) is 6.04 Å². The van der Waals surface area contributed by atoms with Crippen LogP contribution in [0.2, 0.25) is 0 Å². The highest BCUT2D eigenvalue weighted by atomic mass is 15.3. The van der Waals surface area contributed by atoms with Gasteiger partial charge in [0, 0.05) is 36.5 Å². The standard InChI is InChI=1S/C22H26N4/c1-24-14-13-21(17-24)25(2)15-19-16-26(20-11-7-4-8-12-20)23-22(19)18-9-5-3-6-10-18/h3-12,16,21H,13-15,17H2,1-2H3. The highest BCUT2D eigenvalue weighted by Gasteiger charge is 2.24. The minimum absolute atomic E-state index is 0.615. The predicted octanol–water partition coefficient (Wildman–Crippen LogP) is 3.68. The van der Waals surface area contributed by atoms with Gasteiger partial charge in [0.25, 0.3) is 0 Å². The average molecular weight is 346 g/mol. The molecular formula is C22H26N4. The molecule has 0 spiro atoms. The van der Waals surface area contributed by atoms with Crippen molar-refractivity contribution in [3.63, 3.8) is 0 Å². The highest BCUT2D eigenvalue weighted by Crippen LogP contribution is 2.26. The average Bonchev–Trinajstić information content (AvgIpc) is 3.30. The monoisotopic (exact) mass is 346 g/mol. The molecular weight excluding hydrogens is 320 g/mol. The van der Waals surface area contributed by atoms with Crippen LogP contribution in [0.5, 0.6) is 0 Å². The van der Waals surface area contributed by atoms with E-state index in [4.69, 9.17) is 5.10 Å². The van der Waals surface area contributed by atoms with Crippen molar-refractivity contribution in [2.24, 2.45) is 0 Å². The van der Waals surface area contributed by atoms with Crippen molar-refractivity contribution in [1.29, 1.82) is 0 Å². The van der Waals surface area contributed by atoms with Crippen LogP contribution in [0.3, 0.4) is 0 Å². The van der Waals surface area contributed by atoms with Gasteiger partial charge in [-0.2, -0.15) is 5.10 Å². The maximum absolute atomic E-state index is 4.92. The van der Waals surface area contributed by atoms with Crippen LogP contribution in [-0.4, -0.2) is 52.8 Å². The molecule has 0 aliphatic carbocycles. The molecule has 0 N–H and O–H groups in total. The molecule has 2 aromatic carbocycles. The first-order valence-electron chi connectivity index (χ1n) is 9.29. The van der Waals surface area contributed by atoms with Crippen molar-refractivity contribution in [3.8, 4) is 16.9 Å². The van der Waals surface area contributed by atoms with Crippen LogP contribution in [0, 0.1) is 0 Å². The van der Waals surface area contributed by atoms with Crippen LogP contribution in [-0.2, 0) is 6.54 Å². The van der Waals surface area contributed by atoms with E-state index in [9.17, 15) is 0 Å². The van der Waals surface area contributed by atoms with E-state index in [1.807, 2.05) is 10.7 Å². The number of hydrogen-bond donors (Lipinski definition) is 0. The molecule has 3 aromatic rings. The topological polar surface area (TPSA) is 24.3 Å². The summed E-state index contributed by atoms with van der Waals surface area (Å²) in [6.07, 6.45) is 3.42. The second kappa shape index (κ2) is 7.44. The first-order chi connectivity index (χ1) is 12.7. The zero-order valence-electron chi connectivity index (χ0n) is 15.5. The number of hydrogen-bond acceptors (Lipinski definition) is 3. The Morgan fingerprint density at radius 1 is 1.04 bits per heavy atom. The fraction of sp³-hybridized carbons (Fsp3) is 0.318. The molecule has 4 nitrogen and oxygen atoms in total. The lowest BCUT2D eigenvalue weighted by atomic mass is 10.1. The van der Waals surface area contributed by atoms with Crippen LogP contribution in [0.15, 0.2) is 66.9 Å². The summed E-state index contributed by atoms with van der Waals surface area (Å²) >= 11 is 0. The first-order valence-corrected chi connectivity index (χ1v) is 9.29. The molecule has 4 heteroatoms. The number of aromatic nitrogens is 2. The van der Waals surface area contributed by atoms with Gasteiger partial charge in [-0.05, 0) is 39.2 Å². The first kappa shape index (κ1) is 17.0. The van der Waals surface area contributed by atoms with E-state index in [-0.39, 0.29) is 0 Å². The van der Waals surface area contributed by atoms with Gasteiger partial charge < -0.3 is 4.90 Å². The summed E-state index contributed by atoms with van der Waals surface area (Å²) in [5.41, 5.74) is 4.62. The van der Waals surface area contributed by atoms with Crippen molar-refractivity contribution < 1.29 is 0 Å². The van der Waals surface area contributed by atoms with E-state index in [2.05, 4.69) is 84.7 Å². The van der Waals surface area contributed by atoms with Gasteiger partial charge in [-0.3, -0.25) is 4.90 Å². The van der Waals surface area contributed by atoms with E-state index >= 15 is 0 Å². The Bertz CT molecular complexity index is 841. The van der Waals surface area contributed by atoms with Gasteiger partial charge >= 0.3 is 0 Å². The summed E-state index contributed by atoms with van der Waals surface area (Å²) in [7, 11) is 4.44. The number of likely N-dealkylation sites (N-methyl/N-ethyl adjacent to an activating group) is 2. The molecule has 1 atom stereocenters. The number of para-hydroxylation sites is 1. The lowest BCUT2D eigenvalue weighted by molar-refractivity contribution is 0.234. The van der Waals surface area contributed by atoms with E-state index in [1.165, 1.54) is 24.1 Å². The van der Waals surface area contributed by atoms with E-state index in [0.717, 1.165) is 24.5 Å². The van der Waals surface area contributed by atoms with Gasteiger partial charge in [0.15, 0.2) is 0 Å². The molecule has 0 saturated carbocycles. The lowest BCUT2D eigenvalue weighted by Gasteiger charge is -2.24. The third kappa shape index (κ3) is 3.57. The zero-order chi connectivity index (χ0) is 17.9. The molecule has 26 heavy (non-hydrogen) atoms. The molecule has 1 aromatic heterocycles. The molecule has 0 amide bonds. The molecule has 4 rings (SSSR count). The largest absolute Gasteiger partial charge is 0.305 e. The summed E-state index contributed by atoms with van der Waals surface area (Å²) in [6.45, 7) is 3.24. The Morgan fingerprint density at radius 3 is 2.38 bits per heavy atom. The number of nitrogens with zero attached hydrogens (tertiary/aromatic N) is 4. The Morgan fingerprint density at radius 2 is 1.73 bits per heavy atom. The third-order valence-corrected chi connectivity index (χ3v) is 5.27. The molecule has 2 heterocycles. The quantitative estimate of drug-likeness (QED) is 0.704. The molecule has 1 aliphatic heterocycles. The lowest BCUT2D eigenvalue weighted by Crippen LogP contribution is -2.33. The van der Waals surface area contributed by atoms with Crippen LogP contribution in [0.25, 0.3) is 16.9 Å². The number of rotatable bonds is 5. The SMILES string of the molecule is CN1CCC(N(C)Cc2cn(-c3ccccc3)nc2-c2ccccc2)C1. The van der Waals surface area contributed by atoms with E-state index in [1.54, 1.807) is 0 Å². The van der Waals surface area contributed by atoms with Gasteiger partial charge in [0.1, 0.15) is 0 Å². The smallest absolute Gasteiger partial charge is 0.0972 e. The molecule has 1 unspecified atom stereocenters. The minimum atomic E-state index is 0.615. The van der Waals surface area contributed by atoms with Gasteiger partial charge in [0.2, 0.25) is 0 Å². The van der Waals surface area contributed by atoms with Crippen LogP contribution >= 0.6 is 0 Å². The minimum Gasteiger partial charge on any atom is -0.305 e. The summed E-state index contributed by atoms with van der Waals surface area (Å²) in [4.78, 5) is 4.88. The molecule has 1 aliphatic rings. The fourth-order valence-electron chi connectivity index (χ4n) is 3.75. The summed E-state index contributed by atoms with van der Waals surface area (Å²) in [6, 6.07) is 21.5. The highest BCUT2D eigenvalue weighted by molar-refractivity contribution is 5.63. The maximum atomic E-state index is 4.92. The molecule has 0 radical (unpaired) electrons. The van der Waals surface area contributed by atoms with Gasteiger partial charge in [0.05, 0.1) is 11.4 Å². The summed E-state index contributed by atoms with van der Waals surface area (Å²) in [5, 5.41) is 4.92. The molecule has 134 valence electrons. The van der Waals surface area contributed by atoms with Crippen molar-refractivity contribution >= 4 is 0 Å². The number of benzene rings is 2. The van der Waals surface area contributed by atoms with Gasteiger partial charge in [-0.25, -0.2) is 4.68 Å². The Balaban J connectivity index is 1.66. The van der Waals surface area contributed by atoms with Crippen molar-refractivity contribution in [2.75, 3.05) is 27.2 Å². The van der Waals surface area contributed by atoms with Crippen LogP contribution in [0.1, 0.15) is 12.0 Å². The Hall–Kier alpha value is -2.43. The van der Waals surface area contributed by atoms with Crippen molar-refractivity contribution in [3.05, 3.63) is 72.4 Å². The van der Waals surface area contributed by atoms with Crippen LogP contribution in [0.4, 0.5) is 0 Å². The summed E-state index contributed by atoms with van der Waals surface area (Å²) in [5.74, 6) is 0. The number of likely N-dealkylation sites (tertiary alicyclic amines) is 1. The van der Waals surface area contributed by atoms with Gasteiger partial charge in [-0.1, -0.05) is 48.5 Å². The third-order valence-electron chi connectivity index (χ3n) is 5.27. The van der Waals surface area contributed by atoms with Gasteiger partial charge in [-0.15, -0.1) is 0 Å². The normalized spacial score (nSPS) is 17.9. The fourth-order valence-corrected chi connectivity index (χ4v) is 3.75. The van der Waals surface area contributed by atoms with E-state index < -0.39 is 0 Å². The zero-order valence-corrected chi connectivity index (χ0v) is 15.5. The van der Waals surface area contributed by atoms with Crippen molar-refractivity contribution in [1.82, 2.24) is 19.6 Å². The second-order valence-corrected chi connectivity index (χ2v) is 7.27. The van der Waals surface area contributed by atoms with Crippen LogP contribution < -0.4 is 0 Å². The van der Waals surface area contributed by atoms with Crippen molar-refractivity contribution in [2.45, 2.75) is 19.0 Å². The molecule has 0 bridgehead atoms. The summed E-state index contributed by atoms with van der Waals surface area (Å²) < 4.78 is 2.01.